The molecule has 5 nitrogen and oxygen atoms in total. The minimum Gasteiger partial charge on any atom is -0.320 e. The minimum atomic E-state index is -4.18. The maximum Gasteiger partial charge on any atom is 0.270 e. The van der Waals surface area contributed by atoms with Gasteiger partial charge in [-0.15, -0.1) is 0 Å². The molecule has 4 aromatic carbocycles. The molecule has 0 fully saturated rings. The van der Waals surface area contributed by atoms with Crippen molar-refractivity contribution in [3.8, 4) is 0 Å². The lowest BCUT2D eigenvalue weighted by Crippen LogP contribution is -2.39. The van der Waals surface area contributed by atoms with Gasteiger partial charge in [0.15, 0.2) is 4.91 Å². The highest BCUT2D eigenvalue weighted by atomic mass is 35.5. The van der Waals surface area contributed by atoms with Crippen molar-refractivity contribution in [2.75, 3.05) is 16.2 Å². The molecular formula is C29H23ClN2O3S2. The van der Waals surface area contributed by atoms with Crippen LogP contribution in [0, 0.1) is 0 Å². The fourth-order valence-electron chi connectivity index (χ4n) is 4.33. The van der Waals surface area contributed by atoms with Crippen LogP contribution in [-0.2, 0) is 14.8 Å². The van der Waals surface area contributed by atoms with Gasteiger partial charge in [0.25, 0.3) is 15.9 Å². The molecule has 0 atom stereocenters. The smallest absolute Gasteiger partial charge is 0.270 e. The third-order valence-electron chi connectivity index (χ3n) is 5.93. The Balaban J connectivity index is 1.67. The van der Waals surface area contributed by atoms with E-state index in [0.29, 0.717) is 33.1 Å². The van der Waals surface area contributed by atoms with Crippen LogP contribution in [0.15, 0.2) is 118 Å². The number of carbonyl (C=O) groups is 1. The number of halogens is 1. The predicted octanol–water partition coefficient (Wildman–Crippen LogP) is 7.06. The van der Waals surface area contributed by atoms with Crippen molar-refractivity contribution in [1.29, 1.82) is 0 Å². The maximum absolute atomic E-state index is 14.0. The fourth-order valence-corrected chi connectivity index (χ4v) is 7.18. The zero-order valence-electron chi connectivity index (χ0n) is 19.9. The van der Waals surface area contributed by atoms with Gasteiger partial charge in [0.1, 0.15) is 0 Å². The van der Waals surface area contributed by atoms with Crippen molar-refractivity contribution in [2.45, 2.75) is 16.7 Å². The molecule has 1 N–H and O–H groups in total. The van der Waals surface area contributed by atoms with Gasteiger partial charge >= 0.3 is 0 Å². The summed E-state index contributed by atoms with van der Waals surface area (Å²) in [5.74, 6) is -0.705. The molecule has 0 saturated carbocycles. The Bertz CT molecular complexity index is 1600. The topological polar surface area (TPSA) is 66.5 Å². The fraction of sp³-hybridized carbons (Fsp3) is 0.0690. The quantitative estimate of drug-likeness (QED) is 0.281. The third kappa shape index (κ3) is 4.90. The number of anilines is 2. The number of sulfonamides is 1. The summed E-state index contributed by atoms with van der Waals surface area (Å²) in [4.78, 5) is 15.4. The lowest BCUT2D eigenvalue weighted by molar-refractivity contribution is -0.112. The van der Waals surface area contributed by atoms with E-state index in [4.69, 9.17) is 11.6 Å². The molecule has 8 heteroatoms. The molecule has 186 valence electrons. The van der Waals surface area contributed by atoms with Crippen LogP contribution in [0.1, 0.15) is 18.1 Å². The average molecular weight is 547 g/mol. The highest BCUT2D eigenvalue weighted by molar-refractivity contribution is 7.99. The highest BCUT2D eigenvalue weighted by Gasteiger charge is 2.41. The van der Waals surface area contributed by atoms with Gasteiger partial charge in [-0.1, -0.05) is 84.0 Å². The Labute approximate surface area is 225 Å². The second-order valence-corrected chi connectivity index (χ2v) is 11.6. The lowest BCUT2D eigenvalue weighted by atomic mass is 9.95. The van der Waals surface area contributed by atoms with E-state index in [1.165, 1.54) is 16.1 Å². The molecule has 0 bridgehead atoms. The van der Waals surface area contributed by atoms with E-state index in [1.807, 2.05) is 60.7 Å². The van der Waals surface area contributed by atoms with E-state index in [1.54, 1.807) is 49.4 Å². The second-order valence-electron chi connectivity index (χ2n) is 8.27. The number of hydrogen-bond acceptors (Lipinski definition) is 4. The van der Waals surface area contributed by atoms with Gasteiger partial charge in [-0.25, -0.2) is 8.42 Å². The van der Waals surface area contributed by atoms with Crippen LogP contribution in [0.5, 0.6) is 0 Å². The van der Waals surface area contributed by atoms with Crippen molar-refractivity contribution in [1.82, 2.24) is 0 Å². The molecule has 5 rings (SSSR count). The second kappa shape index (κ2) is 10.5. The largest absolute Gasteiger partial charge is 0.320 e. The summed E-state index contributed by atoms with van der Waals surface area (Å²) < 4.78 is 29.2. The van der Waals surface area contributed by atoms with Gasteiger partial charge in [-0.3, -0.25) is 9.10 Å². The number of fused-ring (bicyclic) bond motifs is 1. The molecule has 0 spiro atoms. The zero-order chi connectivity index (χ0) is 26.0. The predicted molar refractivity (Wildman–Crippen MR) is 151 cm³/mol. The average Bonchev–Trinajstić information content (AvgIpc) is 2.90. The van der Waals surface area contributed by atoms with E-state index >= 15 is 0 Å². The van der Waals surface area contributed by atoms with E-state index in [2.05, 4.69) is 5.32 Å². The van der Waals surface area contributed by atoms with Crippen molar-refractivity contribution in [3.63, 3.8) is 0 Å². The molecule has 0 aromatic heterocycles. The number of benzene rings is 4. The molecule has 4 aromatic rings. The summed E-state index contributed by atoms with van der Waals surface area (Å²) in [6.45, 7) is 1.90. The first-order valence-electron chi connectivity index (χ1n) is 11.7. The van der Waals surface area contributed by atoms with Gasteiger partial charge < -0.3 is 5.32 Å². The highest BCUT2D eigenvalue weighted by Crippen LogP contribution is 2.44. The Kier molecular flexibility index (Phi) is 7.11. The zero-order valence-corrected chi connectivity index (χ0v) is 22.3. The summed E-state index contributed by atoms with van der Waals surface area (Å²) in [6, 6.07) is 31.2. The number of carbonyl (C=O) groups excluding carboxylic acids is 1. The van der Waals surface area contributed by atoms with Crippen molar-refractivity contribution in [3.05, 3.63) is 124 Å². The summed E-state index contributed by atoms with van der Waals surface area (Å²) in [7, 11) is -4.18. The number of amides is 1. The normalized spacial score (nSPS) is 14.3. The SMILES string of the molecule is CCN1c2ccc(Cl)cc2C(c2ccccc2)=C(C(=O)Nc2ccccc2Sc2ccccc2)S1(=O)=O. The first-order chi connectivity index (χ1) is 17.9. The van der Waals surface area contributed by atoms with Gasteiger partial charge in [-0.2, -0.15) is 0 Å². The minimum absolute atomic E-state index is 0.163. The van der Waals surface area contributed by atoms with Crippen molar-refractivity contribution >= 4 is 56.2 Å². The Hall–Kier alpha value is -3.52. The summed E-state index contributed by atoms with van der Waals surface area (Å²) >= 11 is 7.84. The van der Waals surface area contributed by atoms with Gasteiger partial charge in [0, 0.05) is 32.5 Å². The molecular weight excluding hydrogens is 524 g/mol. The Morgan fingerprint density at radius 2 is 1.54 bits per heavy atom. The van der Waals surface area contributed by atoms with Crippen molar-refractivity contribution in [2.24, 2.45) is 0 Å². The molecule has 1 aliphatic rings. The first-order valence-corrected chi connectivity index (χ1v) is 14.3. The molecule has 0 aliphatic carbocycles. The van der Waals surface area contributed by atoms with Crippen LogP contribution in [0.2, 0.25) is 5.02 Å². The number of nitrogens with zero attached hydrogens (tertiary/aromatic N) is 1. The molecule has 0 unspecified atom stereocenters. The van der Waals surface area contributed by atoms with E-state index in [-0.39, 0.29) is 11.4 Å². The van der Waals surface area contributed by atoms with Gasteiger partial charge in [-0.05, 0) is 55.0 Å². The van der Waals surface area contributed by atoms with Gasteiger partial charge in [0.2, 0.25) is 0 Å². The van der Waals surface area contributed by atoms with Crippen LogP contribution >= 0.6 is 23.4 Å². The van der Waals surface area contributed by atoms with Crippen LogP contribution in [-0.4, -0.2) is 20.9 Å². The molecule has 0 saturated heterocycles. The maximum atomic E-state index is 14.0. The van der Waals surface area contributed by atoms with Crippen LogP contribution in [0.4, 0.5) is 11.4 Å². The van der Waals surface area contributed by atoms with Crippen LogP contribution in [0.25, 0.3) is 5.57 Å². The summed E-state index contributed by atoms with van der Waals surface area (Å²) in [5.41, 5.74) is 2.54. The first kappa shape index (κ1) is 25.1. The summed E-state index contributed by atoms with van der Waals surface area (Å²) in [6.07, 6.45) is 0. The Morgan fingerprint density at radius 1 is 0.892 bits per heavy atom. The number of hydrogen-bond donors (Lipinski definition) is 1. The molecule has 37 heavy (non-hydrogen) atoms. The molecule has 1 heterocycles. The number of rotatable bonds is 6. The molecule has 1 aliphatic heterocycles. The lowest BCUT2D eigenvalue weighted by Gasteiger charge is -2.33. The van der Waals surface area contributed by atoms with E-state index < -0.39 is 15.9 Å². The molecule has 1 amide bonds. The summed E-state index contributed by atoms with van der Waals surface area (Å²) in [5, 5.41) is 3.34. The van der Waals surface area contributed by atoms with Crippen molar-refractivity contribution < 1.29 is 13.2 Å². The van der Waals surface area contributed by atoms with Crippen LogP contribution in [0.3, 0.4) is 0 Å². The number of para-hydroxylation sites is 1. The molecule has 0 radical (unpaired) electrons. The van der Waals surface area contributed by atoms with Gasteiger partial charge in [0.05, 0.1) is 11.4 Å². The third-order valence-corrected chi connectivity index (χ3v) is 9.19. The monoisotopic (exact) mass is 546 g/mol. The Morgan fingerprint density at radius 3 is 2.24 bits per heavy atom. The van der Waals surface area contributed by atoms with E-state index in [0.717, 1.165) is 9.79 Å². The van der Waals surface area contributed by atoms with E-state index in [9.17, 15) is 13.2 Å². The van der Waals surface area contributed by atoms with Crippen LogP contribution < -0.4 is 9.62 Å². The number of nitrogens with one attached hydrogen (secondary N) is 1. The standard InChI is InChI=1S/C29H23ClN2O3S2/c1-2-32-25-18-17-21(30)19-23(25)27(20-11-5-3-6-12-20)28(37(32,34)35)29(33)31-24-15-9-10-16-26(24)36-22-13-7-4-8-14-22/h3-19H,2H2,1H3,(H,31,33).